The molecule has 3 nitrogen and oxygen atoms in total. The Morgan fingerprint density at radius 1 is 1.17 bits per heavy atom. The minimum atomic E-state index is -4.04. The van der Waals surface area contributed by atoms with Crippen LogP contribution in [0.15, 0.2) is 33.6 Å². The smallest absolute Gasteiger partial charge is 0.282 e. The average Bonchev–Trinajstić information content (AvgIpc) is 1.86. The number of rotatable bonds is 1. The Kier molecular flexibility index (Phi) is 4.98. The van der Waals surface area contributed by atoms with Crippen LogP contribution in [0.5, 0.6) is 0 Å². The molecule has 0 aromatic heterocycles. The van der Waals surface area contributed by atoms with Crippen LogP contribution in [0.2, 0.25) is 0 Å². The fourth-order valence-corrected chi connectivity index (χ4v) is 1.35. The molecule has 0 saturated heterocycles. The third-order valence-electron chi connectivity index (χ3n) is 1.11. The van der Waals surface area contributed by atoms with Crippen molar-refractivity contribution < 1.29 is 42.5 Å². The Morgan fingerprint density at radius 3 is 1.92 bits per heavy atom. The van der Waals surface area contributed by atoms with E-state index in [2.05, 4.69) is 15.9 Å². The van der Waals surface area contributed by atoms with Gasteiger partial charge in [0.25, 0.3) is 10.1 Å². The molecule has 0 bridgehead atoms. The first-order valence-electron chi connectivity index (χ1n) is 2.73. The maximum Gasteiger partial charge on any atom is 1.00 e. The van der Waals surface area contributed by atoms with E-state index in [9.17, 15) is 8.42 Å². The van der Waals surface area contributed by atoms with Crippen LogP contribution in [0, 0.1) is 0 Å². The van der Waals surface area contributed by atoms with E-state index in [1.807, 2.05) is 0 Å². The maximum absolute atomic E-state index is 10.5. The SMILES string of the molecule is O=S(=O)(O)c1ccc(Br)cc1.[Na+]. The maximum atomic E-state index is 10.5. The van der Waals surface area contributed by atoms with Crippen LogP contribution < -0.4 is 29.6 Å². The van der Waals surface area contributed by atoms with Crippen molar-refractivity contribution in [1.29, 1.82) is 0 Å². The molecule has 0 heterocycles. The molecule has 0 spiro atoms. The summed E-state index contributed by atoms with van der Waals surface area (Å²) in [4.78, 5) is -0.0966. The van der Waals surface area contributed by atoms with Gasteiger partial charge >= 0.3 is 29.6 Å². The van der Waals surface area contributed by atoms with E-state index in [1.54, 1.807) is 12.1 Å². The minimum Gasteiger partial charge on any atom is -0.282 e. The summed E-state index contributed by atoms with van der Waals surface area (Å²) in [7, 11) is -4.04. The van der Waals surface area contributed by atoms with Crippen LogP contribution in [-0.2, 0) is 10.1 Å². The summed E-state index contributed by atoms with van der Waals surface area (Å²) in [6, 6.07) is 5.73. The number of benzene rings is 1. The van der Waals surface area contributed by atoms with Crippen molar-refractivity contribution >= 4 is 26.0 Å². The molecular formula is C6H5BrNaO3S+. The molecular weight excluding hydrogens is 255 g/mol. The fraction of sp³-hybridized carbons (Fsp3) is 0. The molecule has 0 saturated carbocycles. The quantitative estimate of drug-likeness (QED) is 0.504. The van der Waals surface area contributed by atoms with Gasteiger partial charge in [0, 0.05) is 4.47 Å². The zero-order chi connectivity index (χ0) is 8.48. The van der Waals surface area contributed by atoms with Gasteiger partial charge in [0.2, 0.25) is 0 Å². The molecule has 0 atom stereocenters. The predicted octanol–water partition coefficient (Wildman–Crippen LogP) is -1.30. The Hall–Kier alpha value is 0.610. The van der Waals surface area contributed by atoms with Crippen molar-refractivity contribution in [3.63, 3.8) is 0 Å². The molecule has 1 aromatic carbocycles. The van der Waals surface area contributed by atoms with Gasteiger partial charge in [0.05, 0.1) is 4.90 Å². The molecule has 0 fully saturated rings. The number of hydrogen-bond acceptors (Lipinski definition) is 2. The Balaban J connectivity index is 0.00000121. The molecule has 0 aliphatic carbocycles. The van der Waals surface area contributed by atoms with Gasteiger partial charge in [-0.25, -0.2) is 0 Å². The van der Waals surface area contributed by atoms with Crippen molar-refractivity contribution in [2.45, 2.75) is 4.90 Å². The zero-order valence-electron chi connectivity index (χ0n) is 6.36. The van der Waals surface area contributed by atoms with Gasteiger partial charge in [-0.2, -0.15) is 8.42 Å². The standard InChI is InChI=1S/C6H5BrO3S.Na/c7-5-1-3-6(4-2-5)11(8,9)10;/h1-4H,(H,8,9,10);/q;+1. The second-order valence-electron chi connectivity index (χ2n) is 1.93. The van der Waals surface area contributed by atoms with E-state index in [1.165, 1.54) is 12.1 Å². The van der Waals surface area contributed by atoms with Crippen LogP contribution in [0.1, 0.15) is 0 Å². The fourth-order valence-electron chi connectivity index (χ4n) is 0.607. The topological polar surface area (TPSA) is 54.4 Å². The van der Waals surface area contributed by atoms with Crippen LogP contribution in [0.4, 0.5) is 0 Å². The summed E-state index contributed by atoms with van der Waals surface area (Å²) in [6.45, 7) is 0. The minimum absolute atomic E-state index is 0. The monoisotopic (exact) mass is 259 g/mol. The van der Waals surface area contributed by atoms with Crippen molar-refractivity contribution in [3.05, 3.63) is 28.7 Å². The molecule has 0 unspecified atom stereocenters. The van der Waals surface area contributed by atoms with Crippen LogP contribution in [0.25, 0.3) is 0 Å². The van der Waals surface area contributed by atoms with E-state index in [0.717, 1.165) is 4.47 Å². The van der Waals surface area contributed by atoms with Crippen molar-refractivity contribution in [3.8, 4) is 0 Å². The number of hydrogen-bond donors (Lipinski definition) is 1. The molecule has 0 aliphatic rings. The molecule has 1 N–H and O–H groups in total. The van der Waals surface area contributed by atoms with Crippen molar-refractivity contribution in [2.24, 2.45) is 0 Å². The third kappa shape index (κ3) is 3.55. The average molecular weight is 260 g/mol. The van der Waals surface area contributed by atoms with Crippen molar-refractivity contribution in [1.82, 2.24) is 0 Å². The second kappa shape index (κ2) is 4.74. The largest absolute Gasteiger partial charge is 1.00 e. The molecule has 6 heteroatoms. The normalized spacial score (nSPS) is 10.5. The summed E-state index contributed by atoms with van der Waals surface area (Å²) >= 11 is 3.14. The molecule has 0 radical (unpaired) electrons. The van der Waals surface area contributed by atoms with Crippen LogP contribution in [-0.4, -0.2) is 13.0 Å². The van der Waals surface area contributed by atoms with Crippen LogP contribution in [0.3, 0.4) is 0 Å². The Bertz CT molecular complexity index is 346. The van der Waals surface area contributed by atoms with Crippen LogP contribution >= 0.6 is 15.9 Å². The molecule has 0 amide bonds. The Morgan fingerprint density at radius 2 is 1.58 bits per heavy atom. The van der Waals surface area contributed by atoms with Gasteiger partial charge in [-0.15, -0.1) is 0 Å². The molecule has 1 rings (SSSR count). The molecule has 60 valence electrons. The summed E-state index contributed by atoms with van der Waals surface area (Å²) in [5.74, 6) is 0. The van der Waals surface area contributed by atoms with Gasteiger partial charge < -0.3 is 0 Å². The first-order chi connectivity index (χ1) is 5.00. The predicted molar refractivity (Wildman–Crippen MR) is 44.0 cm³/mol. The summed E-state index contributed by atoms with van der Waals surface area (Å²) < 4.78 is 30.3. The zero-order valence-corrected chi connectivity index (χ0v) is 10.8. The summed E-state index contributed by atoms with van der Waals surface area (Å²) in [6.07, 6.45) is 0. The van der Waals surface area contributed by atoms with Gasteiger partial charge in [-0.1, -0.05) is 15.9 Å². The van der Waals surface area contributed by atoms with E-state index in [-0.39, 0.29) is 34.5 Å². The third-order valence-corrected chi connectivity index (χ3v) is 2.51. The van der Waals surface area contributed by atoms with E-state index in [4.69, 9.17) is 4.55 Å². The van der Waals surface area contributed by atoms with Gasteiger partial charge in [-0.3, -0.25) is 4.55 Å². The van der Waals surface area contributed by atoms with Gasteiger partial charge in [0.15, 0.2) is 0 Å². The molecule has 1 aromatic rings. The van der Waals surface area contributed by atoms with Gasteiger partial charge in [0.1, 0.15) is 0 Å². The van der Waals surface area contributed by atoms with E-state index in [0.29, 0.717) is 0 Å². The second-order valence-corrected chi connectivity index (χ2v) is 4.27. The Labute approximate surface area is 101 Å². The first-order valence-corrected chi connectivity index (χ1v) is 4.96. The van der Waals surface area contributed by atoms with E-state index >= 15 is 0 Å². The molecule has 0 aliphatic heterocycles. The molecule has 12 heavy (non-hydrogen) atoms. The van der Waals surface area contributed by atoms with Gasteiger partial charge in [-0.05, 0) is 24.3 Å². The van der Waals surface area contributed by atoms with Crippen molar-refractivity contribution in [2.75, 3.05) is 0 Å². The first kappa shape index (κ1) is 12.6. The summed E-state index contributed by atoms with van der Waals surface area (Å²) in [5.41, 5.74) is 0. The number of halogens is 1. The summed E-state index contributed by atoms with van der Waals surface area (Å²) in [5, 5.41) is 0. The van der Waals surface area contributed by atoms with E-state index < -0.39 is 10.1 Å².